The van der Waals surface area contributed by atoms with Crippen LogP contribution >= 0.6 is 11.6 Å². The third-order valence-corrected chi connectivity index (χ3v) is 2.81. The first kappa shape index (κ1) is 14.3. The van der Waals surface area contributed by atoms with E-state index in [-0.39, 0.29) is 6.01 Å². The highest BCUT2D eigenvalue weighted by Gasteiger charge is 2.08. The Hall–Kier alpha value is -2.08. The first-order valence-electron chi connectivity index (χ1n) is 6.19. The number of anilines is 3. The largest absolute Gasteiger partial charge is 0.467 e. The third kappa shape index (κ3) is 3.48. The fraction of sp³-hybridized carbons (Fsp3) is 0.308. The van der Waals surface area contributed by atoms with Crippen LogP contribution in [0, 0.1) is 6.92 Å². The molecule has 0 saturated heterocycles. The number of nitrogens with one attached hydrogen (secondary N) is 2. The summed E-state index contributed by atoms with van der Waals surface area (Å²) in [5.74, 6) is 0.861. The quantitative estimate of drug-likeness (QED) is 0.883. The molecule has 0 fully saturated rings. The van der Waals surface area contributed by atoms with Gasteiger partial charge in [-0.15, -0.1) is 0 Å². The van der Waals surface area contributed by atoms with Crippen LogP contribution in [-0.4, -0.2) is 28.6 Å². The number of benzene rings is 1. The van der Waals surface area contributed by atoms with E-state index in [1.165, 1.54) is 7.11 Å². The molecule has 0 unspecified atom stereocenters. The standard InChI is InChI=1S/C13H16ClN5O/c1-4-15-11-17-12(19-13(18-11)20-3)16-10-7-9(14)6-5-8(10)2/h5-7H,4H2,1-3H3,(H2,15,16,17,18,19). The zero-order valence-corrected chi connectivity index (χ0v) is 12.3. The second kappa shape index (κ2) is 6.38. The van der Waals surface area contributed by atoms with Crippen LogP contribution in [0.15, 0.2) is 18.2 Å². The number of aromatic nitrogens is 3. The number of nitrogens with zero attached hydrogens (tertiary/aromatic N) is 3. The van der Waals surface area contributed by atoms with Gasteiger partial charge in [-0.05, 0) is 31.5 Å². The fourth-order valence-electron chi connectivity index (χ4n) is 1.59. The molecular weight excluding hydrogens is 278 g/mol. The molecule has 7 heteroatoms. The van der Waals surface area contributed by atoms with Gasteiger partial charge in [0.2, 0.25) is 11.9 Å². The van der Waals surface area contributed by atoms with Gasteiger partial charge in [0, 0.05) is 17.3 Å². The predicted octanol–water partition coefficient (Wildman–Crippen LogP) is 3.02. The summed E-state index contributed by atoms with van der Waals surface area (Å²) in [6.07, 6.45) is 0. The SMILES string of the molecule is CCNc1nc(Nc2cc(Cl)ccc2C)nc(OC)n1. The first-order valence-corrected chi connectivity index (χ1v) is 6.57. The van der Waals surface area contributed by atoms with Crippen molar-refractivity contribution in [2.45, 2.75) is 13.8 Å². The molecule has 1 heterocycles. The molecule has 0 aliphatic rings. The van der Waals surface area contributed by atoms with Gasteiger partial charge in [0.05, 0.1) is 7.11 Å². The van der Waals surface area contributed by atoms with E-state index >= 15 is 0 Å². The monoisotopic (exact) mass is 293 g/mol. The Morgan fingerprint density at radius 2 is 1.95 bits per heavy atom. The van der Waals surface area contributed by atoms with E-state index < -0.39 is 0 Å². The lowest BCUT2D eigenvalue weighted by atomic mass is 10.2. The van der Waals surface area contributed by atoms with Crippen molar-refractivity contribution in [1.29, 1.82) is 0 Å². The normalized spacial score (nSPS) is 10.2. The Labute approximate surface area is 122 Å². The van der Waals surface area contributed by atoms with Gasteiger partial charge in [-0.25, -0.2) is 0 Å². The lowest BCUT2D eigenvalue weighted by Crippen LogP contribution is -2.08. The van der Waals surface area contributed by atoms with Crippen LogP contribution < -0.4 is 15.4 Å². The molecule has 0 bridgehead atoms. The van der Waals surface area contributed by atoms with E-state index in [1.807, 2.05) is 32.0 Å². The second-order valence-corrected chi connectivity index (χ2v) is 4.52. The van der Waals surface area contributed by atoms with Crippen LogP contribution in [0.1, 0.15) is 12.5 Å². The van der Waals surface area contributed by atoms with Gasteiger partial charge in [-0.1, -0.05) is 17.7 Å². The van der Waals surface area contributed by atoms with Gasteiger partial charge in [0.25, 0.3) is 0 Å². The van der Waals surface area contributed by atoms with Gasteiger partial charge in [-0.3, -0.25) is 0 Å². The van der Waals surface area contributed by atoms with E-state index in [4.69, 9.17) is 16.3 Å². The molecule has 20 heavy (non-hydrogen) atoms. The van der Waals surface area contributed by atoms with Crippen LogP contribution in [0.5, 0.6) is 6.01 Å². The topological polar surface area (TPSA) is 72.0 Å². The lowest BCUT2D eigenvalue weighted by molar-refractivity contribution is 0.379. The number of aryl methyl sites for hydroxylation is 1. The summed E-state index contributed by atoms with van der Waals surface area (Å²) in [7, 11) is 1.51. The van der Waals surface area contributed by atoms with Crippen molar-refractivity contribution in [3.8, 4) is 6.01 Å². The summed E-state index contributed by atoms with van der Waals surface area (Å²) in [6.45, 7) is 4.65. The van der Waals surface area contributed by atoms with Crippen molar-refractivity contribution in [3.05, 3.63) is 28.8 Å². The molecule has 2 rings (SSSR count). The van der Waals surface area contributed by atoms with Gasteiger partial charge in [0.15, 0.2) is 0 Å². The van der Waals surface area contributed by atoms with Crippen LogP contribution in [0.3, 0.4) is 0 Å². The molecule has 2 N–H and O–H groups in total. The Bertz CT molecular complexity index is 605. The maximum atomic E-state index is 5.99. The van der Waals surface area contributed by atoms with Crippen LogP contribution in [-0.2, 0) is 0 Å². The number of ether oxygens (including phenoxy) is 1. The maximum absolute atomic E-state index is 5.99. The van der Waals surface area contributed by atoms with Gasteiger partial charge in [0.1, 0.15) is 0 Å². The Morgan fingerprint density at radius 3 is 2.65 bits per heavy atom. The molecular formula is C13H16ClN5O. The summed E-state index contributed by atoms with van der Waals surface area (Å²) in [6, 6.07) is 5.83. The highest BCUT2D eigenvalue weighted by Crippen LogP contribution is 2.23. The smallest absolute Gasteiger partial charge is 0.322 e. The molecule has 6 nitrogen and oxygen atoms in total. The maximum Gasteiger partial charge on any atom is 0.322 e. The first-order chi connectivity index (χ1) is 9.62. The van der Waals surface area contributed by atoms with Crippen LogP contribution in [0.25, 0.3) is 0 Å². The van der Waals surface area contributed by atoms with Crippen molar-refractivity contribution in [2.24, 2.45) is 0 Å². The van der Waals surface area contributed by atoms with Gasteiger partial charge in [-0.2, -0.15) is 15.0 Å². The second-order valence-electron chi connectivity index (χ2n) is 4.08. The zero-order valence-electron chi connectivity index (χ0n) is 11.6. The molecule has 2 aromatic rings. The predicted molar refractivity (Wildman–Crippen MR) is 80.0 cm³/mol. The van der Waals surface area contributed by atoms with Crippen molar-refractivity contribution in [1.82, 2.24) is 15.0 Å². The number of hydrogen-bond donors (Lipinski definition) is 2. The summed E-state index contributed by atoms with van der Waals surface area (Å²) in [5, 5.41) is 6.79. The Kier molecular flexibility index (Phi) is 4.57. The molecule has 0 saturated carbocycles. The average Bonchev–Trinajstić information content (AvgIpc) is 2.43. The fourth-order valence-corrected chi connectivity index (χ4v) is 1.76. The summed E-state index contributed by atoms with van der Waals surface area (Å²) >= 11 is 5.99. The number of rotatable bonds is 5. The molecule has 0 radical (unpaired) electrons. The number of methoxy groups -OCH3 is 1. The summed E-state index contributed by atoms with van der Waals surface area (Å²) in [4.78, 5) is 12.5. The molecule has 0 spiro atoms. The van der Waals surface area contributed by atoms with E-state index in [0.29, 0.717) is 23.5 Å². The van der Waals surface area contributed by atoms with Crippen molar-refractivity contribution in [3.63, 3.8) is 0 Å². The van der Waals surface area contributed by atoms with Crippen molar-refractivity contribution in [2.75, 3.05) is 24.3 Å². The highest BCUT2D eigenvalue weighted by atomic mass is 35.5. The molecule has 1 aromatic carbocycles. The molecule has 0 amide bonds. The van der Waals surface area contributed by atoms with Crippen molar-refractivity contribution >= 4 is 29.2 Å². The minimum absolute atomic E-state index is 0.248. The minimum atomic E-state index is 0.248. The zero-order chi connectivity index (χ0) is 14.5. The molecule has 0 aliphatic heterocycles. The highest BCUT2D eigenvalue weighted by molar-refractivity contribution is 6.30. The van der Waals surface area contributed by atoms with E-state index in [2.05, 4.69) is 25.6 Å². The van der Waals surface area contributed by atoms with Crippen LogP contribution in [0.4, 0.5) is 17.6 Å². The lowest BCUT2D eigenvalue weighted by Gasteiger charge is -2.10. The molecule has 0 aliphatic carbocycles. The summed E-state index contributed by atoms with van der Waals surface area (Å²) < 4.78 is 5.07. The summed E-state index contributed by atoms with van der Waals surface area (Å²) in [5.41, 5.74) is 1.88. The van der Waals surface area contributed by atoms with Gasteiger partial charge < -0.3 is 15.4 Å². The van der Waals surface area contributed by atoms with Crippen molar-refractivity contribution < 1.29 is 4.74 Å². The van der Waals surface area contributed by atoms with Crippen LogP contribution in [0.2, 0.25) is 5.02 Å². The van der Waals surface area contributed by atoms with E-state index in [0.717, 1.165) is 11.3 Å². The average molecular weight is 294 g/mol. The van der Waals surface area contributed by atoms with E-state index in [9.17, 15) is 0 Å². The Morgan fingerprint density at radius 1 is 1.20 bits per heavy atom. The molecule has 106 valence electrons. The van der Waals surface area contributed by atoms with Gasteiger partial charge >= 0.3 is 6.01 Å². The Balaban J connectivity index is 2.32. The number of halogens is 1. The third-order valence-electron chi connectivity index (χ3n) is 2.58. The molecule has 0 atom stereocenters. The van der Waals surface area contributed by atoms with E-state index in [1.54, 1.807) is 0 Å². The molecule has 1 aromatic heterocycles. The number of hydrogen-bond acceptors (Lipinski definition) is 6. The minimum Gasteiger partial charge on any atom is -0.467 e.